The molecule has 2 rings (SSSR count). The highest BCUT2D eigenvalue weighted by atomic mass is 19.3. The summed E-state index contributed by atoms with van der Waals surface area (Å²) in [5.41, 5.74) is 0.615. The zero-order valence-electron chi connectivity index (χ0n) is 8.20. The van der Waals surface area contributed by atoms with E-state index < -0.39 is 12.3 Å². The number of ether oxygens (including phenoxy) is 2. The lowest BCUT2D eigenvalue weighted by atomic mass is 10.2. The third kappa shape index (κ3) is 2.05. The molecule has 1 heterocycles. The van der Waals surface area contributed by atoms with Gasteiger partial charge in [0.2, 0.25) is 6.79 Å². The lowest BCUT2D eigenvalue weighted by Crippen LogP contribution is -2.28. The van der Waals surface area contributed by atoms with Gasteiger partial charge in [0.1, 0.15) is 0 Å². The second-order valence-electron chi connectivity index (χ2n) is 3.17. The van der Waals surface area contributed by atoms with Crippen LogP contribution in [0.5, 0.6) is 11.5 Å². The zero-order valence-corrected chi connectivity index (χ0v) is 8.20. The minimum absolute atomic E-state index is 0.00426. The van der Waals surface area contributed by atoms with Crippen LogP contribution in [-0.4, -0.2) is 19.1 Å². The summed E-state index contributed by atoms with van der Waals surface area (Å²) in [6, 6.07) is 5.09. The molecule has 6 heteroatoms. The summed E-state index contributed by atoms with van der Waals surface area (Å²) >= 11 is 0. The molecule has 1 N–H and O–H groups in total. The topological polar surface area (TPSA) is 47.6 Å². The Bertz CT molecular complexity index is 409. The van der Waals surface area contributed by atoms with E-state index in [1.165, 1.54) is 0 Å². The molecule has 0 saturated carbocycles. The van der Waals surface area contributed by atoms with Gasteiger partial charge in [-0.1, -0.05) is 12.1 Å². The molecule has 0 radical (unpaired) electrons. The van der Waals surface area contributed by atoms with E-state index in [-0.39, 0.29) is 13.3 Å². The van der Waals surface area contributed by atoms with Crippen LogP contribution in [0.15, 0.2) is 18.2 Å². The molecule has 16 heavy (non-hydrogen) atoms. The Morgan fingerprint density at radius 3 is 3.00 bits per heavy atom. The van der Waals surface area contributed by atoms with Gasteiger partial charge >= 0.3 is 6.43 Å². The molecule has 0 saturated heterocycles. The average Bonchev–Trinajstić information content (AvgIpc) is 2.73. The fourth-order valence-corrected chi connectivity index (χ4v) is 1.39. The first-order chi connectivity index (χ1) is 7.68. The van der Waals surface area contributed by atoms with Crippen molar-refractivity contribution >= 4 is 5.91 Å². The molecule has 1 aromatic rings. The molecule has 1 aliphatic heterocycles. The summed E-state index contributed by atoms with van der Waals surface area (Å²) in [6.45, 7) is 0.102. The second-order valence-corrected chi connectivity index (χ2v) is 3.17. The quantitative estimate of drug-likeness (QED) is 0.849. The van der Waals surface area contributed by atoms with Crippen molar-refractivity contribution in [3.8, 4) is 11.5 Å². The Morgan fingerprint density at radius 1 is 1.44 bits per heavy atom. The maximum atomic E-state index is 11.9. The number of carbonyl (C=O) groups excluding carboxylic acids is 1. The van der Waals surface area contributed by atoms with Crippen molar-refractivity contribution in [2.75, 3.05) is 6.79 Å². The van der Waals surface area contributed by atoms with Gasteiger partial charge in [-0.2, -0.15) is 8.78 Å². The van der Waals surface area contributed by atoms with E-state index in [2.05, 4.69) is 5.32 Å². The predicted octanol–water partition coefficient (Wildman–Crippen LogP) is 1.30. The van der Waals surface area contributed by atoms with Crippen LogP contribution in [0.2, 0.25) is 0 Å². The lowest BCUT2D eigenvalue weighted by Gasteiger charge is -2.07. The first-order valence-corrected chi connectivity index (χ1v) is 4.62. The van der Waals surface area contributed by atoms with Crippen molar-refractivity contribution in [2.24, 2.45) is 0 Å². The van der Waals surface area contributed by atoms with Gasteiger partial charge in [0.05, 0.1) is 0 Å². The van der Waals surface area contributed by atoms with Crippen LogP contribution < -0.4 is 14.8 Å². The summed E-state index contributed by atoms with van der Waals surface area (Å²) in [6.07, 6.45) is -3.01. The molecular formula is C10H9F2NO3. The monoisotopic (exact) mass is 229 g/mol. The Balaban J connectivity index is 2.05. The molecule has 0 spiro atoms. The van der Waals surface area contributed by atoms with E-state index in [0.29, 0.717) is 17.1 Å². The lowest BCUT2D eigenvalue weighted by molar-refractivity contribution is -0.131. The SMILES string of the molecule is O=C(NCc1cccc2c1OCO2)C(F)F. The first-order valence-electron chi connectivity index (χ1n) is 4.62. The molecule has 4 nitrogen and oxygen atoms in total. The summed E-state index contributed by atoms with van der Waals surface area (Å²) in [4.78, 5) is 10.7. The molecule has 0 unspecified atom stereocenters. The number of benzene rings is 1. The van der Waals surface area contributed by atoms with Gasteiger partial charge in [-0.05, 0) is 6.07 Å². The first kappa shape index (κ1) is 10.7. The third-order valence-corrected chi connectivity index (χ3v) is 2.13. The van der Waals surface area contributed by atoms with Crippen LogP contribution in [0.25, 0.3) is 0 Å². The summed E-state index contributed by atoms with van der Waals surface area (Å²) in [5.74, 6) is -0.239. The number of carbonyl (C=O) groups is 1. The number of hydrogen-bond acceptors (Lipinski definition) is 3. The van der Waals surface area contributed by atoms with Crippen LogP contribution in [0.1, 0.15) is 5.56 Å². The molecule has 0 aliphatic carbocycles. The summed E-state index contributed by atoms with van der Waals surface area (Å²) in [7, 11) is 0. The Kier molecular flexibility index (Phi) is 2.89. The number of rotatable bonds is 3. The highest BCUT2D eigenvalue weighted by molar-refractivity contribution is 5.79. The number of hydrogen-bond donors (Lipinski definition) is 1. The fraction of sp³-hybridized carbons (Fsp3) is 0.300. The zero-order chi connectivity index (χ0) is 11.5. The predicted molar refractivity (Wildman–Crippen MR) is 50.4 cm³/mol. The Labute approximate surface area is 90.2 Å². The normalized spacial score (nSPS) is 12.9. The van der Waals surface area contributed by atoms with E-state index in [9.17, 15) is 13.6 Å². The van der Waals surface area contributed by atoms with Crippen molar-refractivity contribution in [1.29, 1.82) is 0 Å². The standard InChI is InChI=1S/C10H9F2NO3/c11-9(12)10(14)13-4-6-2-1-3-7-8(6)16-5-15-7/h1-3,9H,4-5H2,(H,13,14). The van der Waals surface area contributed by atoms with E-state index >= 15 is 0 Å². The number of para-hydroxylation sites is 1. The van der Waals surface area contributed by atoms with Gasteiger partial charge in [0, 0.05) is 12.1 Å². The van der Waals surface area contributed by atoms with Crippen molar-refractivity contribution < 1.29 is 23.0 Å². The number of fused-ring (bicyclic) bond motifs is 1. The molecule has 86 valence electrons. The number of nitrogens with one attached hydrogen (secondary N) is 1. The maximum absolute atomic E-state index is 11.9. The average molecular weight is 229 g/mol. The van der Waals surface area contributed by atoms with Crippen molar-refractivity contribution in [3.05, 3.63) is 23.8 Å². The van der Waals surface area contributed by atoms with Gasteiger partial charge in [-0.25, -0.2) is 0 Å². The highest BCUT2D eigenvalue weighted by Crippen LogP contribution is 2.35. The maximum Gasteiger partial charge on any atom is 0.315 e. The van der Waals surface area contributed by atoms with Gasteiger partial charge < -0.3 is 14.8 Å². The number of halogens is 2. The van der Waals surface area contributed by atoms with E-state index in [0.717, 1.165) is 0 Å². The number of amides is 1. The Morgan fingerprint density at radius 2 is 2.25 bits per heavy atom. The van der Waals surface area contributed by atoms with Gasteiger partial charge in [0.15, 0.2) is 11.5 Å². The van der Waals surface area contributed by atoms with Crippen molar-refractivity contribution in [2.45, 2.75) is 13.0 Å². The van der Waals surface area contributed by atoms with E-state index in [1.807, 2.05) is 0 Å². The van der Waals surface area contributed by atoms with Gasteiger partial charge in [0.25, 0.3) is 5.91 Å². The third-order valence-electron chi connectivity index (χ3n) is 2.13. The molecule has 0 bridgehead atoms. The summed E-state index contributed by atoms with van der Waals surface area (Å²) in [5, 5.41) is 2.10. The van der Waals surface area contributed by atoms with Crippen LogP contribution in [0.4, 0.5) is 8.78 Å². The molecule has 1 aromatic carbocycles. The molecule has 0 aromatic heterocycles. The molecular weight excluding hydrogens is 220 g/mol. The van der Waals surface area contributed by atoms with Crippen molar-refractivity contribution in [3.63, 3.8) is 0 Å². The fourth-order valence-electron chi connectivity index (χ4n) is 1.39. The van der Waals surface area contributed by atoms with Crippen LogP contribution in [-0.2, 0) is 11.3 Å². The van der Waals surface area contributed by atoms with Crippen LogP contribution in [0.3, 0.4) is 0 Å². The van der Waals surface area contributed by atoms with E-state index in [4.69, 9.17) is 9.47 Å². The minimum Gasteiger partial charge on any atom is -0.454 e. The van der Waals surface area contributed by atoms with Crippen molar-refractivity contribution in [1.82, 2.24) is 5.32 Å². The molecule has 1 aliphatic rings. The van der Waals surface area contributed by atoms with Crippen LogP contribution in [0, 0.1) is 0 Å². The van der Waals surface area contributed by atoms with Gasteiger partial charge in [-0.3, -0.25) is 4.79 Å². The molecule has 0 atom stereocenters. The summed E-state index contributed by atoms with van der Waals surface area (Å²) < 4.78 is 34.1. The van der Waals surface area contributed by atoms with Crippen LogP contribution >= 0.6 is 0 Å². The van der Waals surface area contributed by atoms with Gasteiger partial charge in [-0.15, -0.1) is 0 Å². The van der Waals surface area contributed by atoms with E-state index in [1.54, 1.807) is 18.2 Å². The minimum atomic E-state index is -3.01. The molecule has 1 amide bonds. The molecule has 0 fully saturated rings. The number of alkyl halides is 2. The highest BCUT2D eigenvalue weighted by Gasteiger charge is 2.19. The second kappa shape index (κ2) is 4.34. The largest absolute Gasteiger partial charge is 0.454 e. The Hall–Kier alpha value is -1.85. The smallest absolute Gasteiger partial charge is 0.315 e.